The molecule has 0 N–H and O–H groups in total. The summed E-state index contributed by atoms with van der Waals surface area (Å²) in [5, 5.41) is 17.9. The Bertz CT molecular complexity index is 600. The minimum absolute atomic E-state index is 0.0203. The molecule has 11 heteroatoms. The van der Waals surface area contributed by atoms with Gasteiger partial charge >= 0.3 is 5.97 Å². The van der Waals surface area contributed by atoms with Gasteiger partial charge in [-0.1, -0.05) is 12.1 Å². The van der Waals surface area contributed by atoms with E-state index in [1.54, 1.807) is 6.07 Å². The first-order valence-electron chi connectivity index (χ1n) is 6.22. The Morgan fingerprint density at radius 3 is 2.22 bits per heavy atom. The minimum atomic E-state index is -1.83. The third-order valence-electron chi connectivity index (χ3n) is 2.46. The van der Waals surface area contributed by atoms with Gasteiger partial charge in [-0.2, -0.15) is 0 Å². The van der Waals surface area contributed by atoms with E-state index < -0.39 is 34.6 Å². The predicted octanol–water partition coefficient (Wildman–Crippen LogP) is 1.32. The van der Waals surface area contributed by atoms with Crippen molar-refractivity contribution in [3.8, 4) is 5.75 Å². The molecule has 0 unspecified atom stereocenters. The van der Waals surface area contributed by atoms with Crippen molar-refractivity contribution in [2.24, 2.45) is 0 Å². The second kappa shape index (κ2) is 8.26. The van der Waals surface area contributed by atoms with Gasteiger partial charge < -0.3 is 4.74 Å². The first-order chi connectivity index (χ1) is 10.8. The molecule has 0 radical (unpaired) electrons. The lowest BCUT2D eigenvalue weighted by Gasteiger charge is -2.12. The Morgan fingerprint density at radius 1 is 1.13 bits per heavy atom. The molecule has 11 nitrogen and oxygen atoms in total. The molecule has 1 aromatic carbocycles. The molecule has 1 rings (SSSR count). The molecular formula is C12H12N2O9. The van der Waals surface area contributed by atoms with Gasteiger partial charge in [0.15, 0.2) is 5.78 Å². The Labute approximate surface area is 128 Å². The number of esters is 1. The van der Waals surface area contributed by atoms with Crippen molar-refractivity contribution in [1.29, 1.82) is 0 Å². The first-order valence-corrected chi connectivity index (χ1v) is 6.22. The lowest BCUT2D eigenvalue weighted by Crippen LogP contribution is -2.24. The largest absolute Gasteiger partial charge is 0.426 e. The van der Waals surface area contributed by atoms with Gasteiger partial charge in [-0.3, -0.25) is 19.3 Å². The van der Waals surface area contributed by atoms with Gasteiger partial charge in [0.1, 0.15) is 5.75 Å². The molecule has 0 amide bonds. The number of hydrogen-bond donors (Lipinski definition) is 0. The summed E-state index contributed by atoms with van der Waals surface area (Å²) in [5.74, 6) is -1.16. The van der Waals surface area contributed by atoms with E-state index >= 15 is 0 Å². The first kappa shape index (κ1) is 17.8. The second-order valence-electron chi connectivity index (χ2n) is 4.14. The maximum absolute atomic E-state index is 12.1. The van der Waals surface area contributed by atoms with Crippen LogP contribution < -0.4 is 4.74 Å². The van der Waals surface area contributed by atoms with Gasteiger partial charge in [0.2, 0.25) is 0 Å². The van der Waals surface area contributed by atoms with E-state index in [0.717, 1.165) is 6.92 Å². The summed E-state index contributed by atoms with van der Waals surface area (Å²) >= 11 is 0. The molecule has 1 aromatic rings. The van der Waals surface area contributed by atoms with Gasteiger partial charge in [0.25, 0.3) is 16.5 Å². The number of benzene rings is 1. The molecule has 0 heterocycles. The Morgan fingerprint density at radius 2 is 1.70 bits per heavy atom. The van der Waals surface area contributed by atoms with E-state index in [-0.39, 0.29) is 17.7 Å². The summed E-state index contributed by atoms with van der Waals surface area (Å²) in [4.78, 5) is 51.4. The number of Topliss-reactive ketones (excluding diaryl/α,β-unsaturated/α-hetero) is 1. The highest BCUT2D eigenvalue weighted by Gasteiger charge is 2.21. The zero-order valence-corrected chi connectivity index (χ0v) is 11.9. The van der Waals surface area contributed by atoms with E-state index in [0.29, 0.717) is 0 Å². The van der Waals surface area contributed by atoms with Crippen molar-refractivity contribution in [1.82, 2.24) is 0 Å². The third kappa shape index (κ3) is 6.37. The smallest absolute Gasteiger partial charge is 0.308 e. The van der Waals surface area contributed by atoms with Gasteiger partial charge in [0, 0.05) is 19.8 Å². The fraction of sp³-hybridized carbons (Fsp3) is 0.333. The predicted molar refractivity (Wildman–Crippen MR) is 71.3 cm³/mol. The summed E-state index contributed by atoms with van der Waals surface area (Å²) < 4.78 is 4.86. The van der Waals surface area contributed by atoms with Crippen molar-refractivity contribution in [2.75, 3.05) is 0 Å². The lowest BCUT2D eigenvalue weighted by atomic mass is 10.1. The zero-order valence-electron chi connectivity index (χ0n) is 11.9. The second-order valence-corrected chi connectivity index (χ2v) is 4.14. The van der Waals surface area contributed by atoms with Crippen LogP contribution in [0.15, 0.2) is 24.3 Å². The van der Waals surface area contributed by atoms with Crippen molar-refractivity contribution >= 4 is 11.8 Å². The molecule has 0 bridgehead atoms. The monoisotopic (exact) mass is 328 g/mol. The summed E-state index contributed by atoms with van der Waals surface area (Å²) in [7, 11) is 0. The van der Waals surface area contributed by atoms with Crippen LogP contribution in [-0.4, -0.2) is 28.2 Å². The highest BCUT2D eigenvalue weighted by atomic mass is 17.0. The number of rotatable bonds is 9. The van der Waals surface area contributed by atoms with Crippen LogP contribution in [0.25, 0.3) is 0 Å². The molecule has 0 saturated carbocycles. The minimum Gasteiger partial charge on any atom is -0.426 e. The number of nitrogens with zero attached hydrogens (tertiary/aromatic N) is 2. The van der Waals surface area contributed by atoms with Gasteiger partial charge in [-0.05, 0) is 12.1 Å². The maximum atomic E-state index is 12.1. The van der Waals surface area contributed by atoms with Crippen LogP contribution in [0.2, 0.25) is 0 Å². The average Bonchev–Trinajstić information content (AvgIpc) is 2.43. The van der Waals surface area contributed by atoms with Crippen LogP contribution in [-0.2, 0) is 14.5 Å². The standard InChI is InChI=1S/C12H12N2O9/c1-8(15)21-11-5-3-2-4-9(11)10(16)6-7-12(22-13(17)18)23-14(19)20/h2-5,12H,6-7H2,1H3. The van der Waals surface area contributed by atoms with Gasteiger partial charge in [0.05, 0.1) is 5.56 Å². The van der Waals surface area contributed by atoms with E-state index in [1.165, 1.54) is 18.2 Å². The maximum Gasteiger partial charge on any atom is 0.308 e. The van der Waals surface area contributed by atoms with Crippen LogP contribution in [0.3, 0.4) is 0 Å². The number of para-hydroxylation sites is 1. The molecule has 0 aliphatic heterocycles. The quantitative estimate of drug-likeness (QED) is 0.163. The Balaban J connectivity index is 2.76. The molecular weight excluding hydrogens is 316 g/mol. The van der Waals surface area contributed by atoms with E-state index in [9.17, 15) is 29.8 Å². The molecule has 23 heavy (non-hydrogen) atoms. The summed E-state index contributed by atoms with van der Waals surface area (Å²) in [5.41, 5.74) is 0.0589. The van der Waals surface area contributed by atoms with E-state index in [1.807, 2.05) is 0 Å². The van der Waals surface area contributed by atoms with Crippen LogP contribution in [0.5, 0.6) is 5.75 Å². The molecule has 0 atom stereocenters. The highest BCUT2D eigenvalue weighted by molar-refractivity contribution is 5.99. The van der Waals surface area contributed by atoms with Crippen LogP contribution in [0.4, 0.5) is 0 Å². The van der Waals surface area contributed by atoms with Gasteiger partial charge in [-0.25, -0.2) is 0 Å². The highest BCUT2D eigenvalue weighted by Crippen LogP contribution is 2.21. The molecule has 0 aliphatic rings. The molecule has 0 saturated heterocycles. The third-order valence-corrected chi connectivity index (χ3v) is 2.46. The molecule has 0 fully saturated rings. The summed E-state index contributed by atoms with van der Waals surface area (Å²) in [6.45, 7) is 1.16. The van der Waals surface area contributed by atoms with Crippen molar-refractivity contribution < 1.29 is 34.2 Å². The number of carbonyl (C=O) groups excluding carboxylic acids is 2. The van der Waals surface area contributed by atoms with Gasteiger partial charge in [-0.15, -0.1) is 20.2 Å². The molecule has 0 aromatic heterocycles. The normalized spacial score (nSPS) is 10.0. The fourth-order valence-electron chi connectivity index (χ4n) is 1.64. The van der Waals surface area contributed by atoms with Crippen molar-refractivity contribution in [3.63, 3.8) is 0 Å². The van der Waals surface area contributed by atoms with Crippen LogP contribution in [0, 0.1) is 20.2 Å². The SMILES string of the molecule is CC(=O)Oc1ccccc1C(=O)CCC(O[N+](=O)[O-])O[N+](=O)[O-]. The van der Waals surface area contributed by atoms with Crippen molar-refractivity contribution in [2.45, 2.75) is 26.1 Å². The number of carbonyl (C=O) groups is 2. The number of hydrogen-bond acceptors (Lipinski definition) is 9. The summed E-state index contributed by atoms with van der Waals surface area (Å²) in [6, 6.07) is 5.85. The lowest BCUT2D eigenvalue weighted by molar-refractivity contribution is -0.851. The Hall–Kier alpha value is -3.24. The zero-order chi connectivity index (χ0) is 17.4. The van der Waals surface area contributed by atoms with E-state index in [4.69, 9.17) is 4.74 Å². The molecule has 0 aliphatic carbocycles. The Kier molecular flexibility index (Phi) is 6.40. The molecule has 124 valence electrons. The topological polar surface area (TPSA) is 148 Å². The summed E-state index contributed by atoms with van der Waals surface area (Å²) in [6.07, 6.45) is -2.62. The van der Waals surface area contributed by atoms with E-state index in [2.05, 4.69) is 9.68 Å². The van der Waals surface area contributed by atoms with Crippen molar-refractivity contribution in [3.05, 3.63) is 50.1 Å². The van der Waals surface area contributed by atoms with Crippen LogP contribution >= 0.6 is 0 Å². The number of ether oxygens (including phenoxy) is 1. The van der Waals surface area contributed by atoms with Crippen LogP contribution in [0.1, 0.15) is 30.1 Å². The molecule has 0 spiro atoms. The average molecular weight is 328 g/mol. The number of ketones is 1. The fourth-order valence-corrected chi connectivity index (χ4v) is 1.64.